The molecule has 0 aliphatic carbocycles. The van der Waals surface area contributed by atoms with E-state index in [0.29, 0.717) is 36.2 Å². The number of aryl methyl sites for hydroxylation is 1. The summed E-state index contributed by atoms with van der Waals surface area (Å²) in [6, 6.07) is 7.02. The number of ether oxygens (including phenoxy) is 2. The first-order chi connectivity index (χ1) is 14.2. The fourth-order valence-electron chi connectivity index (χ4n) is 3.42. The normalized spacial score (nSPS) is 15.1. The second-order valence-corrected chi connectivity index (χ2v) is 7.11. The number of rotatable bonds is 6. The summed E-state index contributed by atoms with van der Waals surface area (Å²) in [5, 5.41) is 8.78. The number of hydrogen-bond donors (Lipinski definition) is 3. The van der Waals surface area contributed by atoms with E-state index >= 15 is 0 Å². The average Bonchev–Trinajstić information content (AvgIpc) is 3.19. The van der Waals surface area contributed by atoms with Gasteiger partial charge in [-0.3, -0.25) is 0 Å². The number of benzene rings is 1. The fraction of sp³-hybridized carbons (Fsp3) is 0.450. The Morgan fingerprint density at radius 1 is 1.07 bits per heavy atom. The molecule has 0 radical (unpaired) electrons. The Morgan fingerprint density at radius 2 is 1.90 bits per heavy atom. The van der Waals surface area contributed by atoms with Crippen LogP contribution in [0.1, 0.15) is 25.0 Å². The summed E-state index contributed by atoms with van der Waals surface area (Å²) < 4.78 is 10.6. The van der Waals surface area contributed by atoms with Crippen molar-refractivity contribution in [3.8, 4) is 11.5 Å². The lowest BCUT2D eigenvalue weighted by molar-refractivity contribution is 0.174. The Hall–Kier alpha value is -3.23. The van der Waals surface area contributed by atoms with Gasteiger partial charge in [-0.25, -0.2) is 9.78 Å². The van der Waals surface area contributed by atoms with Crippen molar-refractivity contribution >= 4 is 23.5 Å². The van der Waals surface area contributed by atoms with E-state index in [1.807, 2.05) is 13.0 Å². The van der Waals surface area contributed by atoms with Crippen LogP contribution in [0.25, 0.3) is 0 Å². The van der Waals surface area contributed by atoms with Gasteiger partial charge >= 0.3 is 6.03 Å². The van der Waals surface area contributed by atoms with Crippen molar-refractivity contribution in [3.63, 3.8) is 0 Å². The van der Waals surface area contributed by atoms with Crippen LogP contribution < -0.4 is 30.3 Å². The number of carbonyl (C=O) groups is 1. The topological polar surface area (TPSA) is 101 Å². The van der Waals surface area contributed by atoms with Crippen molar-refractivity contribution < 1.29 is 14.3 Å². The summed E-state index contributed by atoms with van der Waals surface area (Å²) in [4.78, 5) is 23.5. The smallest absolute Gasteiger partial charge is 0.319 e. The molecule has 1 fully saturated rings. The van der Waals surface area contributed by atoms with E-state index < -0.39 is 0 Å². The van der Waals surface area contributed by atoms with Gasteiger partial charge in [0.05, 0.1) is 0 Å². The van der Waals surface area contributed by atoms with Gasteiger partial charge in [-0.1, -0.05) is 0 Å². The molecular formula is C20H26N6O3. The molecule has 2 aliphatic rings. The second-order valence-electron chi connectivity index (χ2n) is 7.11. The predicted octanol–water partition coefficient (Wildman–Crippen LogP) is 2.74. The second kappa shape index (κ2) is 8.85. The van der Waals surface area contributed by atoms with Crippen molar-refractivity contribution in [3.05, 3.63) is 30.0 Å². The van der Waals surface area contributed by atoms with Crippen molar-refractivity contribution in [1.29, 1.82) is 0 Å². The first-order valence-electron chi connectivity index (χ1n) is 9.96. The summed E-state index contributed by atoms with van der Waals surface area (Å²) in [6.45, 7) is 5.22. The minimum atomic E-state index is -0.287. The van der Waals surface area contributed by atoms with Crippen molar-refractivity contribution in [2.24, 2.45) is 0 Å². The molecule has 2 aliphatic heterocycles. The van der Waals surface area contributed by atoms with E-state index in [9.17, 15) is 4.79 Å². The number of carbonyl (C=O) groups excluding carboxylic acids is 1. The Labute approximate surface area is 169 Å². The summed E-state index contributed by atoms with van der Waals surface area (Å²) >= 11 is 0. The van der Waals surface area contributed by atoms with Gasteiger partial charge in [0.2, 0.25) is 12.7 Å². The lowest BCUT2D eigenvalue weighted by atomic mass is 10.1. The molecule has 9 nitrogen and oxygen atoms in total. The van der Waals surface area contributed by atoms with E-state index in [1.165, 1.54) is 19.3 Å². The number of amides is 2. The van der Waals surface area contributed by atoms with E-state index in [-0.39, 0.29) is 12.8 Å². The van der Waals surface area contributed by atoms with Crippen LogP contribution in [0.2, 0.25) is 0 Å². The van der Waals surface area contributed by atoms with Crippen LogP contribution in [-0.4, -0.2) is 49.0 Å². The molecule has 0 atom stereocenters. The van der Waals surface area contributed by atoms with Gasteiger partial charge in [0, 0.05) is 49.7 Å². The minimum absolute atomic E-state index is 0.206. The molecular weight excluding hydrogens is 372 g/mol. The maximum absolute atomic E-state index is 12.1. The summed E-state index contributed by atoms with van der Waals surface area (Å²) in [7, 11) is 0. The molecule has 4 rings (SSSR count). The number of anilines is 3. The molecule has 3 N–H and O–H groups in total. The van der Waals surface area contributed by atoms with Gasteiger partial charge < -0.3 is 30.3 Å². The Morgan fingerprint density at radius 3 is 2.76 bits per heavy atom. The Balaban J connectivity index is 1.24. The lowest BCUT2D eigenvalue weighted by Crippen LogP contribution is -2.33. The number of fused-ring (bicyclic) bond motifs is 1. The maximum atomic E-state index is 12.1. The molecule has 0 unspecified atom stereocenters. The zero-order valence-corrected chi connectivity index (χ0v) is 16.5. The highest BCUT2D eigenvalue weighted by atomic mass is 16.7. The van der Waals surface area contributed by atoms with E-state index in [2.05, 4.69) is 30.8 Å². The van der Waals surface area contributed by atoms with Crippen LogP contribution in [-0.2, 0) is 0 Å². The van der Waals surface area contributed by atoms with Gasteiger partial charge in [-0.05, 0) is 38.3 Å². The molecule has 3 heterocycles. The van der Waals surface area contributed by atoms with Crippen LogP contribution in [0.3, 0.4) is 0 Å². The monoisotopic (exact) mass is 398 g/mol. The highest BCUT2D eigenvalue weighted by Crippen LogP contribution is 2.34. The number of aromatic nitrogens is 2. The quantitative estimate of drug-likeness (QED) is 0.643. The molecule has 1 aromatic carbocycles. The van der Waals surface area contributed by atoms with Crippen molar-refractivity contribution in [2.45, 2.75) is 26.2 Å². The molecule has 9 heteroatoms. The predicted molar refractivity (Wildman–Crippen MR) is 111 cm³/mol. The van der Waals surface area contributed by atoms with Crippen LogP contribution >= 0.6 is 0 Å². The van der Waals surface area contributed by atoms with E-state index in [0.717, 1.165) is 24.6 Å². The van der Waals surface area contributed by atoms with Gasteiger partial charge in [0.1, 0.15) is 5.82 Å². The molecule has 0 spiro atoms. The Kier molecular flexibility index (Phi) is 5.83. The van der Waals surface area contributed by atoms with Crippen LogP contribution in [0, 0.1) is 6.92 Å². The average molecular weight is 398 g/mol. The van der Waals surface area contributed by atoms with Crippen LogP contribution in [0.4, 0.5) is 22.2 Å². The molecule has 2 amide bonds. The largest absolute Gasteiger partial charge is 0.454 e. The number of nitrogens with zero attached hydrogens (tertiary/aromatic N) is 3. The van der Waals surface area contributed by atoms with Gasteiger partial charge in [0.25, 0.3) is 0 Å². The van der Waals surface area contributed by atoms with Gasteiger partial charge in [-0.15, -0.1) is 0 Å². The fourth-order valence-corrected chi connectivity index (χ4v) is 3.42. The molecule has 2 aromatic rings. The van der Waals surface area contributed by atoms with Crippen molar-refractivity contribution in [1.82, 2.24) is 15.3 Å². The third-order valence-corrected chi connectivity index (χ3v) is 4.84. The lowest BCUT2D eigenvalue weighted by Gasteiger charge is -2.28. The molecule has 154 valence electrons. The minimum Gasteiger partial charge on any atom is -0.454 e. The zero-order valence-electron chi connectivity index (χ0n) is 16.5. The first-order valence-corrected chi connectivity index (χ1v) is 9.96. The van der Waals surface area contributed by atoms with E-state index in [1.54, 1.807) is 18.2 Å². The van der Waals surface area contributed by atoms with Gasteiger partial charge in [-0.2, -0.15) is 4.98 Å². The summed E-state index contributed by atoms with van der Waals surface area (Å²) in [5.41, 5.74) is 1.57. The van der Waals surface area contributed by atoms with Gasteiger partial charge in [0.15, 0.2) is 11.5 Å². The standard InChI is InChI=1S/C20H26N6O3/c1-14-11-18(26-9-3-2-4-10-26)25-19(23-14)21-7-8-22-20(27)24-15-5-6-16-17(12-15)29-13-28-16/h5-6,11-12H,2-4,7-10,13H2,1H3,(H,21,23,25)(H2,22,24,27). The third-order valence-electron chi connectivity index (χ3n) is 4.84. The maximum Gasteiger partial charge on any atom is 0.319 e. The number of urea groups is 1. The number of piperidine rings is 1. The molecule has 1 aromatic heterocycles. The summed E-state index contributed by atoms with van der Waals surface area (Å²) in [6.07, 6.45) is 3.69. The Bertz CT molecular complexity index is 869. The molecule has 0 saturated carbocycles. The number of nitrogens with one attached hydrogen (secondary N) is 3. The zero-order chi connectivity index (χ0) is 20.1. The number of hydrogen-bond acceptors (Lipinski definition) is 7. The van der Waals surface area contributed by atoms with Crippen LogP contribution in [0.5, 0.6) is 11.5 Å². The van der Waals surface area contributed by atoms with Crippen molar-refractivity contribution in [2.75, 3.05) is 48.5 Å². The third kappa shape index (κ3) is 4.98. The highest BCUT2D eigenvalue weighted by molar-refractivity contribution is 5.89. The molecule has 1 saturated heterocycles. The SMILES string of the molecule is Cc1cc(N2CCCCC2)nc(NCCNC(=O)Nc2ccc3c(c2)OCO3)n1. The van der Waals surface area contributed by atoms with Crippen LogP contribution in [0.15, 0.2) is 24.3 Å². The first kappa shape index (κ1) is 19.1. The highest BCUT2D eigenvalue weighted by Gasteiger charge is 2.15. The summed E-state index contributed by atoms with van der Waals surface area (Å²) in [5.74, 6) is 2.87. The molecule has 29 heavy (non-hydrogen) atoms. The molecule has 0 bridgehead atoms. The van der Waals surface area contributed by atoms with E-state index in [4.69, 9.17) is 9.47 Å².